The van der Waals surface area contributed by atoms with Gasteiger partial charge in [-0.1, -0.05) is 19.8 Å². The highest BCUT2D eigenvalue weighted by Crippen LogP contribution is 2.40. The average molecular weight is 315 g/mol. The molecule has 0 bridgehead atoms. The minimum absolute atomic E-state index is 0.219. The van der Waals surface area contributed by atoms with E-state index in [1.54, 1.807) is 0 Å². The molecule has 3 heteroatoms. The topological polar surface area (TPSA) is 15.3 Å². The van der Waals surface area contributed by atoms with E-state index in [-0.39, 0.29) is 5.54 Å². The van der Waals surface area contributed by atoms with Crippen molar-refractivity contribution < 1.29 is 0 Å². The molecule has 2 nitrogen and oxygen atoms in total. The Morgan fingerprint density at radius 2 is 2.05 bits per heavy atom. The summed E-state index contributed by atoms with van der Waals surface area (Å²) in [6.07, 6.45) is 7.80. The summed E-state index contributed by atoms with van der Waals surface area (Å²) in [6, 6.07) is 0.670. The van der Waals surface area contributed by atoms with Gasteiger partial charge in [0.15, 0.2) is 0 Å². The molecule has 21 heavy (non-hydrogen) atoms. The van der Waals surface area contributed by atoms with Gasteiger partial charge in [0.1, 0.15) is 0 Å². The molecule has 0 spiro atoms. The van der Waals surface area contributed by atoms with E-state index < -0.39 is 0 Å². The average Bonchev–Trinajstić information content (AvgIpc) is 2.36. The van der Waals surface area contributed by atoms with Gasteiger partial charge in [-0.05, 0) is 65.2 Å². The second-order valence-electron chi connectivity index (χ2n) is 8.52. The summed E-state index contributed by atoms with van der Waals surface area (Å²) in [4.78, 5) is 2.60. The molecule has 0 aliphatic heterocycles. The van der Waals surface area contributed by atoms with Crippen molar-refractivity contribution >= 4 is 11.8 Å². The zero-order valence-electron chi connectivity index (χ0n) is 15.5. The zero-order chi connectivity index (χ0) is 16.1. The van der Waals surface area contributed by atoms with Gasteiger partial charge in [-0.15, -0.1) is 0 Å². The first-order valence-corrected chi connectivity index (χ1v) is 10.0. The van der Waals surface area contributed by atoms with Crippen LogP contribution in [0, 0.1) is 11.3 Å². The van der Waals surface area contributed by atoms with Gasteiger partial charge in [0.25, 0.3) is 0 Å². The summed E-state index contributed by atoms with van der Waals surface area (Å²) < 4.78 is 0. The lowest BCUT2D eigenvalue weighted by Gasteiger charge is -2.45. The SMILES string of the molecule is CSCC(C)N(C)CC1(CNC(C)(C)C)CCCC(C)C1. The molecular formula is C18H38N2S. The van der Waals surface area contributed by atoms with E-state index in [1.165, 1.54) is 38.0 Å². The maximum atomic E-state index is 3.80. The molecule has 0 amide bonds. The van der Waals surface area contributed by atoms with Gasteiger partial charge in [0.05, 0.1) is 0 Å². The van der Waals surface area contributed by atoms with Crippen LogP contribution in [-0.4, -0.2) is 48.6 Å². The summed E-state index contributed by atoms with van der Waals surface area (Å²) in [5.41, 5.74) is 0.684. The van der Waals surface area contributed by atoms with Crippen LogP contribution in [0.3, 0.4) is 0 Å². The largest absolute Gasteiger partial charge is 0.311 e. The first-order chi connectivity index (χ1) is 9.67. The lowest BCUT2D eigenvalue weighted by molar-refractivity contribution is 0.0737. The Hall–Kier alpha value is 0.270. The summed E-state index contributed by atoms with van der Waals surface area (Å²) in [6.45, 7) is 14.1. The van der Waals surface area contributed by atoms with E-state index in [9.17, 15) is 0 Å². The first-order valence-electron chi connectivity index (χ1n) is 8.62. The van der Waals surface area contributed by atoms with Gasteiger partial charge >= 0.3 is 0 Å². The fourth-order valence-electron chi connectivity index (χ4n) is 3.63. The van der Waals surface area contributed by atoms with Gasteiger partial charge in [0, 0.05) is 30.4 Å². The molecule has 3 unspecified atom stereocenters. The second-order valence-corrected chi connectivity index (χ2v) is 9.44. The van der Waals surface area contributed by atoms with E-state index in [0.717, 1.165) is 12.5 Å². The minimum Gasteiger partial charge on any atom is -0.311 e. The van der Waals surface area contributed by atoms with Crippen molar-refractivity contribution in [1.29, 1.82) is 0 Å². The predicted molar refractivity (Wildman–Crippen MR) is 98.3 cm³/mol. The van der Waals surface area contributed by atoms with Crippen molar-refractivity contribution in [2.45, 2.75) is 71.9 Å². The maximum Gasteiger partial charge on any atom is 0.0155 e. The fraction of sp³-hybridized carbons (Fsp3) is 1.00. The summed E-state index contributed by atoms with van der Waals surface area (Å²) in [7, 11) is 2.32. The number of nitrogens with zero attached hydrogens (tertiary/aromatic N) is 1. The maximum absolute atomic E-state index is 3.80. The van der Waals surface area contributed by atoms with E-state index in [1.807, 2.05) is 11.8 Å². The quantitative estimate of drug-likeness (QED) is 0.756. The second kappa shape index (κ2) is 8.21. The van der Waals surface area contributed by atoms with Crippen molar-refractivity contribution in [3.8, 4) is 0 Å². The van der Waals surface area contributed by atoms with Gasteiger partial charge in [-0.25, -0.2) is 0 Å². The molecule has 0 aromatic carbocycles. The fourth-order valence-corrected chi connectivity index (χ4v) is 4.37. The molecule has 1 rings (SSSR count). The van der Waals surface area contributed by atoms with Crippen molar-refractivity contribution in [2.75, 3.05) is 32.1 Å². The van der Waals surface area contributed by atoms with Gasteiger partial charge in [-0.2, -0.15) is 11.8 Å². The Bertz CT molecular complexity index is 300. The van der Waals surface area contributed by atoms with Crippen LogP contribution in [0.4, 0.5) is 0 Å². The standard InChI is InChI=1S/C18H38N2S/c1-15-9-8-10-18(11-15,13-19-17(3,4)5)14-20(6)16(2)12-21-7/h15-16,19H,8-14H2,1-7H3. The molecule has 0 aromatic heterocycles. The molecule has 1 fully saturated rings. The molecule has 0 aromatic rings. The van der Waals surface area contributed by atoms with Crippen LogP contribution in [0.5, 0.6) is 0 Å². The highest BCUT2D eigenvalue weighted by atomic mass is 32.2. The van der Waals surface area contributed by atoms with E-state index in [4.69, 9.17) is 0 Å². The molecular weight excluding hydrogens is 276 g/mol. The van der Waals surface area contributed by atoms with Crippen LogP contribution in [0.1, 0.15) is 60.3 Å². The molecule has 1 aliphatic rings. The summed E-state index contributed by atoms with van der Waals surface area (Å²) >= 11 is 1.96. The number of hydrogen-bond donors (Lipinski definition) is 1. The third-order valence-corrected chi connectivity index (χ3v) is 5.74. The normalized spacial score (nSPS) is 28.9. The highest BCUT2D eigenvalue weighted by molar-refractivity contribution is 7.98. The monoisotopic (exact) mass is 314 g/mol. The summed E-state index contributed by atoms with van der Waals surface area (Å²) in [5.74, 6) is 2.11. The van der Waals surface area contributed by atoms with Crippen LogP contribution >= 0.6 is 11.8 Å². The Labute approximate surface area is 137 Å². The van der Waals surface area contributed by atoms with Crippen molar-refractivity contribution in [2.24, 2.45) is 11.3 Å². The molecule has 3 atom stereocenters. The molecule has 1 saturated carbocycles. The molecule has 1 aliphatic carbocycles. The molecule has 1 N–H and O–H groups in total. The Kier molecular flexibility index (Phi) is 7.56. The molecule has 0 heterocycles. The summed E-state index contributed by atoms with van der Waals surface area (Å²) in [5, 5.41) is 3.80. The number of rotatable bonds is 7. The lowest BCUT2D eigenvalue weighted by atomic mass is 9.69. The third-order valence-electron chi connectivity index (χ3n) is 4.92. The Balaban J connectivity index is 2.72. The third kappa shape index (κ3) is 6.92. The highest BCUT2D eigenvalue weighted by Gasteiger charge is 2.37. The van der Waals surface area contributed by atoms with Crippen LogP contribution in [0.25, 0.3) is 0 Å². The van der Waals surface area contributed by atoms with Crippen LogP contribution in [0.2, 0.25) is 0 Å². The van der Waals surface area contributed by atoms with E-state index in [2.05, 4.69) is 58.1 Å². The first kappa shape index (κ1) is 19.3. The smallest absolute Gasteiger partial charge is 0.0155 e. The van der Waals surface area contributed by atoms with Crippen LogP contribution in [0.15, 0.2) is 0 Å². The van der Waals surface area contributed by atoms with Gasteiger partial charge < -0.3 is 10.2 Å². The predicted octanol–water partition coefficient (Wildman–Crippen LogP) is 4.25. The molecule has 0 radical (unpaired) electrons. The minimum atomic E-state index is 0.219. The van der Waals surface area contributed by atoms with Gasteiger partial charge in [-0.3, -0.25) is 0 Å². The van der Waals surface area contributed by atoms with Crippen LogP contribution in [-0.2, 0) is 0 Å². The number of nitrogens with one attached hydrogen (secondary N) is 1. The van der Waals surface area contributed by atoms with E-state index in [0.29, 0.717) is 11.5 Å². The zero-order valence-corrected chi connectivity index (χ0v) is 16.3. The van der Waals surface area contributed by atoms with Gasteiger partial charge in [0.2, 0.25) is 0 Å². The van der Waals surface area contributed by atoms with Crippen LogP contribution < -0.4 is 5.32 Å². The Morgan fingerprint density at radius 3 is 2.57 bits per heavy atom. The van der Waals surface area contributed by atoms with Crippen molar-refractivity contribution in [3.05, 3.63) is 0 Å². The molecule has 0 saturated heterocycles. The molecule has 126 valence electrons. The Morgan fingerprint density at radius 1 is 1.38 bits per heavy atom. The number of hydrogen-bond acceptors (Lipinski definition) is 3. The van der Waals surface area contributed by atoms with Crippen molar-refractivity contribution in [1.82, 2.24) is 10.2 Å². The number of thioether (sulfide) groups is 1. The van der Waals surface area contributed by atoms with E-state index >= 15 is 0 Å². The van der Waals surface area contributed by atoms with Crippen molar-refractivity contribution in [3.63, 3.8) is 0 Å². The lowest BCUT2D eigenvalue weighted by Crippen LogP contribution is -2.51.